The summed E-state index contributed by atoms with van der Waals surface area (Å²) in [7, 11) is 1.90. The molecule has 1 aromatic heterocycles. The van der Waals surface area contributed by atoms with Crippen LogP contribution in [0, 0.1) is 17.8 Å². The van der Waals surface area contributed by atoms with E-state index in [4.69, 9.17) is 28.7 Å². The third kappa shape index (κ3) is 22.9. The number of nitrogens with zero attached hydrogens (tertiary/aromatic N) is 3. The molecular formula is C59H87N7O13S. The first-order chi connectivity index (χ1) is 38.0. The first kappa shape index (κ1) is 65.9. The summed E-state index contributed by atoms with van der Waals surface area (Å²) < 4.78 is 28.0. The van der Waals surface area contributed by atoms with Crippen molar-refractivity contribution in [1.82, 2.24) is 36.1 Å². The zero-order valence-electron chi connectivity index (χ0n) is 48.8. The van der Waals surface area contributed by atoms with Gasteiger partial charge >= 0.3 is 30.1 Å². The van der Waals surface area contributed by atoms with Crippen LogP contribution in [-0.4, -0.2) is 126 Å². The topological polar surface area (TPSA) is 250 Å². The largest absolute Gasteiger partial charge is 0.461 e. The number of amides is 5. The highest BCUT2D eigenvalue weighted by Crippen LogP contribution is 2.32. The third-order valence-corrected chi connectivity index (χ3v) is 14.6. The molecule has 20 nitrogen and oxygen atoms in total. The van der Waals surface area contributed by atoms with Crippen LogP contribution in [0.5, 0.6) is 5.75 Å². The van der Waals surface area contributed by atoms with Crippen molar-refractivity contribution in [3.63, 3.8) is 0 Å². The van der Waals surface area contributed by atoms with Gasteiger partial charge < -0.3 is 49.9 Å². The molecule has 0 bridgehead atoms. The van der Waals surface area contributed by atoms with Crippen LogP contribution in [0.2, 0.25) is 0 Å². The molecule has 0 saturated carbocycles. The Kier molecular flexibility index (Phi) is 27.4. The van der Waals surface area contributed by atoms with Crippen molar-refractivity contribution in [2.24, 2.45) is 17.8 Å². The van der Waals surface area contributed by atoms with Gasteiger partial charge in [0.15, 0.2) is 12.8 Å². The Balaban J connectivity index is 1.54. The summed E-state index contributed by atoms with van der Waals surface area (Å²) in [5.41, 5.74) is 1.01. The van der Waals surface area contributed by atoms with Crippen LogP contribution in [-0.2, 0) is 55.9 Å². The van der Waals surface area contributed by atoms with Crippen molar-refractivity contribution < 1.29 is 62.0 Å². The molecule has 80 heavy (non-hydrogen) atoms. The van der Waals surface area contributed by atoms with Gasteiger partial charge in [0.25, 0.3) is 5.91 Å². The second kappa shape index (κ2) is 33.2. The Morgan fingerprint density at radius 1 is 0.838 bits per heavy atom. The maximum Gasteiger partial charge on any atom is 0.412 e. The number of aromatic nitrogens is 1. The highest BCUT2D eigenvalue weighted by atomic mass is 32.1. The summed E-state index contributed by atoms with van der Waals surface area (Å²) in [6.45, 7) is 18.9. The highest BCUT2D eigenvalue weighted by molar-refractivity contribution is 7.09. The van der Waals surface area contributed by atoms with Crippen LogP contribution in [0.4, 0.5) is 9.59 Å². The number of thiazole rings is 1. The van der Waals surface area contributed by atoms with Gasteiger partial charge in [-0.3, -0.25) is 33.7 Å². The number of likely N-dealkylation sites (N-methyl/N-ethyl adjacent to an activating group) is 1. The zero-order chi connectivity index (χ0) is 58.9. The molecule has 7 unspecified atom stereocenters. The van der Waals surface area contributed by atoms with E-state index in [1.165, 1.54) is 11.8 Å². The molecule has 1 aliphatic rings. The number of alkyl carbamates (subject to hydrolysis) is 1. The van der Waals surface area contributed by atoms with Crippen LogP contribution in [0.1, 0.15) is 166 Å². The Morgan fingerprint density at radius 2 is 1.51 bits per heavy atom. The number of likely N-dealkylation sites (tertiary alicyclic amines) is 1. The quantitative estimate of drug-likeness (QED) is 0.0211. The van der Waals surface area contributed by atoms with E-state index in [2.05, 4.69) is 21.3 Å². The van der Waals surface area contributed by atoms with Gasteiger partial charge in [0.1, 0.15) is 34.7 Å². The van der Waals surface area contributed by atoms with Crippen molar-refractivity contribution in [2.75, 3.05) is 33.4 Å². The number of ether oxygens (including phenoxy) is 5. The van der Waals surface area contributed by atoms with Gasteiger partial charge in [-0.05, 0) is 114 Å². The minimum Gasteiger partial charge on any atom is -0.461 e. The summed E-state index contributed by atoms with van der Waals surface area (Å²) in [6, 6.07) is 13.3. The standard InChI is InChI=1S/C59H87N7O13S/c1-12-21-50(68)76-37-66(55(71)51(39(5)13-2)64-53(70)47-24-17-20-31-65(47)11)48(38(3)4)34-49(77-41(7)67)54-63-46(36-80-54)52(69)62-44(32-40(6)56(72)75-35-43-22-15-14-16-23-43)33-42-25-27-45(28-26-42)78-57(73)60-29-18-19-30-61-58(74)79-59(8,9)10/h14-16,22-23,25-28,36,38-40,44,47-49,51H,12-13,17-21,24,29-35,37H2,1-11H3,(H,60,73)(H,61,74)(H,62,69)(H,64,70). The molecular weight excluding hydrogens is 1050 g/mol. The average molecular weight is 1130 g/mol. The van der Waals surface area contributed by atoms with E-state index in [1.54, 1.807) is 57.3 Å². The average Bonchev–Trinajstić information content (AvgIpc) is 3.91. The minimum atomic E-state index is -1.05. The fourth-order valence-corrected chi connectivity index (χ4v) is 9.93. The van der Waals surface area contributed by atoms with E-state index in [0.717, 1.165) is 41.9 Å². The molecule has 1 aliphatic heterocycles. The number of carbonyl (C=O) groups excluding carboxylic acids is 8. The molecule has 0 spiro atoms. The normalized spacial score (nSPS) is 15.9. The Hall–Kier alpha value is -6.61. The summed E-state index contributed by atoms with van der Waals surface area (Å²) >= 11 is 1.10. The Morgan fingerprint density at radius 3 is 2.12 bits per heavy atom. The lowest BCUT2D eigenvalue weighted by molar-refractivity contribution is -0.160. The summed E-state index contributed by atoms with van der Waals surface area (Å²) in [6.07, 6.45) is 3.19. The minimum absolute atomic E-state index is 0.0110. The van der Waals surface area contributed by atoms with E-state index in [1.807, 2.05) is 76.9 Å². The van der Waals surface area contributed by atoms with Crippen molar-refractivity contribution >= 4 is 59.2 Å². The number of unbranched alkanes of at least 4 members (excludes halogenated alkanes) is 1. The fourth-order valence-electron chi connectivity index (χ4n) is 9.09. The molecule has 1 saturated heterocycles. The monoisotopic (exact) mass is 1130 g/mol. The summed E-state index contributed by atoms with van der Waals surface area (Å²) in [5, 5.41) is 13.3. The second-order valence-electron chi connectivity index (χ2n) is 22.0. The SMILES string of the molecule is CCCC(=O)OCN(C(=O)C(NC(=O)C1CCCCN1C)C(C)CC)C(CC(OC(C)=O)c1nc(C(=O)NC(Cc2ccc(OC(=O)NCCCCNC(=O)OC(C)(C)C)cc2)CC(C)C(=O)OCc2ccccc2)cs1)C(C)C. The van der Waals surface area contributed by atoms with Crippen LogP contribution in [0.3, 0.4) is 0 Å². The molecule has 4 N–H and O–H groups in total. The molecule has 21 heteroatoms. The van der Waals surface area contributed by atoms with E-state index in [-0.39, 0.29) is 66.5 Å². The lowest BCUT2D eigenvalue weighted by Gasteiger charge is -2.39. The van der Waals surface area contributed by atoms with Gasteiger partial charge in [0.2, 0.25) is 11.8 Å². The second-order valence-corrected chi connectivity index (χ2v) is 22.9. The predicted molar refractivity (Wildman–Crippen MR) is 303 cm³/mol. The van der Waals surface area contributed by atoms with Crippen LogP contribution >= 0.6 is 11.3 Å². The van der Waals surface area contributed by atoms with Crippen LogP contribution in [0.15, 0.2) is 60.0 Å². The summed E-state index contributed by atoms with van der Waals surface area (Å²) in [4.78, 5) is 115. The molecule has 0 aliphatic carbocycles. The van der Waals surface area contributed by atoms with Gasteiger partial charge in [-0.2, -0.15) is 0 Å². The molecule has 2 aromatic carbocycles. The number of benzene rings is 2. The first-order valence-electron chi connectivity index (χ1n) is 28.1. The molecule has 442 valence electrons. The molecule has 2 heterocycles. The summed E-state index contributed by atoms with van der Waals surface area (Å²) in [5.74, 6) is -3.78. The molecule has 1 fully saturated rings. The molecule has 5 amide bonds. The zero-order valence-corrected chi connectivity index (χ0v) is 49.6. The van der Waals surface area contributed by atoms with E-state index >= 15 is 0 Å². The molecule has 4 rings (SSSR count). The lowest BCUT2D eigenvalue weighted by atomic mass is 9.92. The number of hydrogen-bond acceptors (Lipinski definition) is 16. The van der Waals surface area contributed by atoms with Gasteiger partial charge in [-0.1, -0.05) is 96.8 Å². The van der Waals surface area contributed by atoms with Gasteiger partial charge in [0, 0.05) is 50.3 Å². The van der Waals surface area contributed by atoms with E-state index in [0.29, 0.717) is 45.2 Å². The number of nitrogens with one attached hydrogen (secondary N) is 4. The van der Waals surface area contributed by atoms with Crippen molar-refractivity contribution in [1.29, 1.82) is 0 Å². The van der Waals surface area contributed by atoms with Crippen molar-refractivity contribution in [2.45, 2.75) is 182 Å². The number of rotatable bonds is 30. The fraction of sp³-hybridized carbons (Fsp3) is 0.610. The first-order valence-corrected chi connectivity index (χ1v) is 29.0. The third-order valence-electron chi connectivity index (χ3n) is 13.7. The number of hydrogen-bond donors (Lipinski definition) is 4. The van der Waals surface area contributed by atoms with Gasteiger partial charge in [0.05, 0.1) is 12.0 Å². The maximum atomic E-state index is 15.0. The smallest absolute Gasteiger partial charge is 0.412 e. The van der Waals surface area contributed by atoms with Crippen molar-refractivity contribution in [3.8, 4) is 5.75 Å². The molecule has 7 atom stereocenters. The van der Waals surface area contributed by atoms with Crippen LogP contribution < -0.4 is 26.0 Å². The Bertz CT molecular complexity index is 2470. The number of esters is 3. The molecule has 3 aromatic rings. The molecule has 0 radical (unpaired) electrons. The van der Waals surface area contributed by atoms with E-state index in [9.17, 15) is 38.4 Å². The lowest BCUT2D eigenvalue weighted by Crippen LogP contribution is -2.59. The van der Waals surface area contributed by atoms with Gasteiger partial charge in [-0.15, -0.1) is 11.3 Å². The number of carbonyl (C=O) groups is 8. The number of piperidine rings is 1. The van der Waals surface area contributed by atoms with Crippen LogP contribution in [0.25, 0.3) is 0 Å². The van der Waals surface area contributed by atoms with Crippen molar-refractivity contribution in [3.05, 3.63) is 81.8 Å². The predicted octanol–water partition coefficient (Wildman–Crippen LogP) is 8.81. The van der Waals surface area contributed by atoms with Gasteiger partial charge in [-0.25, -0.2) is 14.6 Å². The van der Waals surface area contributed by atoms with E-state index < -0.39 is 90.4 Å². The maximum absolute atomic E-state index is 15.0. The highest BCUT2D eigenvalue weighted by Gasteiger charge is 2.40. The Labute approximate surface area is 476 Å².